The molecule has 0 bridgehead atoms. The van der Waals surface area contributed by atoms with Crippen molar-refractivity contribution in [1.29, 1.82) is 0 Å². The molecule has 0 aliphatic carbocycles. The minimum Gasteiger partial charge on any atom is -0.480 e. The van der Waals surface area contributed by atoms with Crippen molar-refractivity contribution in [3.05, 3.63) is 0 Å². The number of rotatable bonds is 16. The zero-order valence-electron chi connectivity index (χ0n) is 18.1. The number of nitrogens with two attached hydrogens (primary N) is 3. The molecule has 0 aromatic rings. The summed E-state index contributed by atoms with van der Waals surface area (Å²) in [4.78, 5) is 70.8. The second kappa shape index (κ2) is 15.0. The van der Waals surface area contributed by atoms with Gasteiger partial charge in [-0.2, -0.15) is 11.8 Å². The second-order valence-corrected chi connectivity index (χ2v) is 8.09. The number of carbonyl (C=O) groups excluding carboxylic acids is 5. The van der Waals surface area contributed by atoms with Crippen molar-refractivity contribution >= 4 is 47.3 Å². The maximum Gasteiger partial charge on any atom is 0.326 e. The molecule has 0 radical (unpaired) electrons. The van der Waals surface area contributed by atoms with E-state index in [1.165, 1.54) is 18.7 Å². The Hall–Kier alpha value is -2.87. The quantitative estimate of drug-likeness (QED) is 0.121. The van der Waals surface area contributed by atoms with Crippen LogP contribution in [0.2, 0.25) is 0 Å². The van der Waals surface area contributed by atoms with Gasteiger partial charge in [-0.05, 0) is 38.2 Å². The number of carboxylic acids is 1. The largest absolute Gasteiger partial charge is 0.480 e. The summed E-state index contributed by atoms with van der Waals surface area (Å²) in [5.41, 5.74) is 15.7. The molecular weight excluding hydrogens is 444 g/mol. The zero-order chi connectivity index (χ0) is 24.8. The Morgan fingerprint density at radius 1 is 0.781 bits per heavy atom. The molecule has 10 N–H and O–H groups in total. The second-order valence-electron chi connectivity index (χ2n) is 7.10. The fourth-order valence-corrected chi connectivity index (χ4v) is 2.92. The highest BCUT2D eigenvalue weighted by molar-refractivity contribution is 7.98. The predicted octanol–water partition coefficient (Wildman–Crippen LogP) is -2.84. The molecule has 0 aromatic heterocycles. The Balaban J connectivity index is 5.45. The van der Waals surface area contributed by atoms with Gasteiger partial charge in [-0.3, -0.25) is 24.0 Å². The molecule has 5 amide bonds. The molecule has 32 heavy (non-hydrogen) atoms. The first-order chi connectivity index (χ1) is 14.9. The van der Waals surface area contributed by atoms with Gasteiger partial charge in [-0.1, -0.05) is 0 Å². The van der Waals surface area contributed by atoms with Crippen LogP contribution in [0.1, 0.15) is 39.0 Å². The summed E-state index contributed by atoms with van der Waals surface area (Å²) in [6.07, 6.45) is 1.05. The highest BCUT2D eigenvalue weighted by Crippen LogP contribution is 2.06. The van der Waals surface area contributed by atoms with E-state index in [4.69, 9.17) is 17.2 Å². The topological polar surface area (TPSA) is 237 Å². The van der Waals surface area contributed by atoms with Crippen molar-refractivity contribution in [2.75, 3.05) is 12.0 Å². The van der Waals surface area contributed by atoms with Gasteiger partial charge in [0.15, 0.2) is 0 Å². The van der Waals surface area contributed by atoms with Gasteiger partial charge in [-0.25, -0.2) is 4.79 Å². The van der Waals surface area contributed by atoms with E-state index in [0.29, 0.717) is 5.75 Å². The van der Waals surface area contributed by atoms with E-state index in [0.717, 1.165) is 0 Å². The molecule has 0 saturated carbocycles. The summed E-state index contributed by atoms with van der Waals surface area (Å²) >= 11 is 1.44. The van der Waals surface area contributed by atoms with Crippen molar-refractivity contribution < 1.29 is 33.9 Å². The van der Waals surface area contributed by atoms with E-state index in [-0.39, 0.29) is 32.1 Å². The number of hydrogen-bond acceptors (Lipinski definition) is 8. The SMILES string of the molecule is CSCCC(NC(=O)C(C)N)C(=O)NC(CCC(N)=O)C(=O)NC(CCC(N)=O)C(=O)O. The molecule has 4 unspecified atom stereocenters. The lowest BCUT2D eigenvalue weighted by Crippen LogP contribution is -2.57. The molecule has 0 saturated heterocycles. The first-order valence-corrected chi connectivity index (χ1v) is 11.2. The van der Waals surface area contributed by atoms with Crippen LogP contribution in [0.15, 0.2) is 0 Å². The highest BCUT2D eigenvalue weighted by Gasteiger charge is 2.30. The van der Waals surface area contributed by atoms with Crippen molar-refractivity contribution in [3.63, 3.8) is 0 Å². The van der Waals surface area contributed by atoms with E-state index in [9.17, 15) is 33.9 Å². The normalized spacial score (nSPS) is 14.3. The molecule has 0 rings (SSSR count). The summed E-state index contributed by atoms with van der Waals surface area (Å²) in [5.74, 6) is -4.53. The number of aliphatic carboxylic acids is 1. The van der Waals surface area contributed by atoms with Gasteiger partial charge in [0.25, 0.3) is 0 Å². The van der Waals surface area contributed by atoms with Crippen LogP contribution in [0, 0.1) is 0 Å². The Morgan fingerprint density at radius 2 is 1.19 bits per heavy atom. The molecular formula is C18H32N6O7S. The number of carbonyl (C=O) groups is 6. The molecule has 13 nitrogen and oxygen atoms in total. The van der Waals surface area contributed by atoms with Gasteiger partial charge in [0.05, 0.1) is 6.04 Å². The summed E-state index contributed by atoms with van der Waals surface area (Å²) in [5, 5.41) is 16.4. The summed E-state index contributed by atoms with van der Waals surface area (Å²) in [6.45, 7) is 1.44. The van der Waals surface area contributed by atoms with E-state index in [1.807, 2.05) is 6.26 Å². The number of amides is 5. The van der Waals surface area contributed by atoms with Gasteiger partial charge in [0.1, 0.15) is 18.1 Å². The summed E-state index contributed by atoms with van der Waals surface area (Å²) in [7, 11) is 0. The van der Waals surface area contributed by atoms with Gasteiger partial charge in [0.2, 0.25) is 29.5 Å². The van der Waals surface area contributed by atoms with Crippen molar-refractivity contribution in [2.45, 2.75) is 63.2 Å². The first-order valence-electron chi connectivity index (χ1n) is 9.84. The van der Waals surface area contributed by atoms with E-state index < -0.39 is 59.7 Å². The van der Waals surface area contributed by atoms with Crippen LogP contribution in [0.4, 0.5) is 0 Å². The van der Waals surface area contributed by atoms with Gasteiger partial charge in [0, 0.05) is 12.8 Å². The Bertz CT molecular complexity index is 703. The summed E-state index contributed by atoms with van der Waals surface area (Å²) < 4.78 is 0. The lowest BCUT2D eigenvalue weighted by Gasteiger charge is -2.24. The van der Waals surface area contributed by atoms with Crippen LogP contribution >= 0.6 is 11.8 Å². The zero-order valence-corrected chi connectivity index (χ0v) is 18.9. The van der Waals surface area contributed by atoms with Crippen molar-refractivity contribution in [1.82, 2.24) is 16.0 Å². The number of hydrogen-bond donors (Lipinski definition) is 7. The maximum absolute atomic E-state index is 12.8. The fourth-order valence-electron chi connectivity index (χ4n) is 2.45. The molecule has 0 aliphatic rings. The smallest absolute Gasteiger partial charge is 0.326 e. The Morgan fingerprint density at radius 3 is 1.59 bits per heavy atom. The van der Waals surface area contributed by atoms with E-state index in [2.05, 4.69) is 16.0 Å². The average molecular weight is 477 g/mol. The number of thioether (sulfide) groups is 1. The minimum absolute atomic E-state index is 0.203. The molecule has 0 aliphatic heterocycles. The predicted molar refractivity (Wildman–Crippen MR) is 117 cm³/mol. The third-order valence-corrected chi connectivity index (χ3v) is 4.91. The third kappa shape index (κ3) is 12.1. The van der Waals surface area contributed by atoms with Crippen molar-refractivity contribution in [2.24, 2.45) is 17.2 Å². The van der Waals surface area contributed by atoms with E-state index in [1.54, 1.807) is 0 Å². The molecule has 182 valence electrons. The lowest BCUT2D eigenvalue weighted by atomic mass is 10.1. The van der Waals surface area contributed by atoms with Crippen LogP contribution in [0.3, 0.4) is 0 Å². The molecule has 0 spiro atoms. The van der Waals surface area contributed by atoms with E-state index >= 15 is 0 Å². The number of primary amides is 2. The van der Waals surface area contributed by atoms with Crippen LogP contribution in [0.5, 0.6) is 0 Å². The van der Waals surface area contributed by atoms with Gasteiger partial charge >= 0.3 is 5.97 Å². The number of carboxylic acid groups (broad SMARTS) is 1. The van der Waals surface area contributed by atoms with Crippen LogP contribution in [-0.2, 0) is 28.8 Å². The molecule has 4 atom stereocenters. The third-order valence-electron chi connectivity index (χ3n) is 4.26. The van der Waals surface area contributed by atoms with Crippen LogP contribution in [0.25, 0.3) is 0 Å². The van der Waals surface area contributed by atoms with Gasteiger partial charge < -0.3 is 38.3 Å². The number of nitrogens with one attached hydrogen (secondary N) is 3. The molecule has 0 heterocycles. The van der Waals surface area contributed by atoms with Gasteiger partial charge in [-0.15, -0.1) is 0 Å². The Labute approximate surface area is 189 Å². The molecule has 14 heteroatoms. The fraction of sp³-hybridized carbons (Fsp3) is 0.667. The van der Waals surface area contributed by atoms with Crippen molar-refractivity contribution in [3.8, 4) is 0 Å². The first kappa shape index (κ1) is 29.1. The standard InChI is InChI=1S/C18H32N6O7S/c1-9(19)15(27)22-11(7-8-32-2)17(29)23-10(3-5-13(20)25)16(28)24-12(18(30)31)4-6-14(21)26/h9-12H,3-8,19H2,1-2H3,(H2,20,25)(H2,21,26)(H,22,27)(H,23,29)(H,24,28)(H,30,31). The maximum atomic E-state index is 12.8. The monoisotopic (exact) mass is 476 g/mol. The highest BCUT2D eigenvalue weighted by atomic mass is 32.2. The average Bonchev–Trinajstić information content (AvgIpc) is 2.69. The van der Waals surface area contributed by atoms with Crippen LogP contribution < -0.4 is 33.2 Å². The Kier molecular flexibility index (Phi) is 13.7. The molecule has 0 fully saturated rings. The van der Waals surface area contributed by atoms with Crippen LogP contribution in [-0.4, -0.2) is 76.8 Å². The lowest BCUT2D eigenvalue weighted by molar-refractivity contribution is -0.142. The minimum atomic E-state index is -1.44. The summed E-state index contributed by atoms with van der Waals surface area (Å²) in [6, 6.07) is -4.62. The molecule has 0 aromatic carbocycles.